The fourth-order valence-corrected chi connectivity index (χ4v) is 1.69. The largest absolute Gasteiger partial charge is 0.465 e. The molecule has 20 heavy (non-hydrogen) atoms. The number of thiocarbonyl (C=S) groups is 1. The van der Waals surface area contributed by atoms with Crippen molar-refractivity contribution in [2.45, 2.75) is 6.92 Å². The number of methoxy groups -OCH3 is 1. The Hall–Kier alpha value is -1.73. The van der Waals surface area contributed by atoms with Crippen LogP contribution in [0.3, 0.4) is 0 Å². The molecule has 1 rings (SSSR count). The number of carbonyl (C=O) groups excluding carboxylic acids is 1. The molecule has 2 N–H and O–H groups in total. The number of hydrogen-bond acceptors (Lipinski definition) is 6. The minimum atomic E-state index is -0.314. The lowest BCUT2D eigenvalue weighted by atomic mass is 10.3. The summed E-state index contributed by atoms with van der Waals surface area (Å²) in [5.74, 6) is 0.298. The molecule has 0 aliphatic rings. The molecule has 6 nitrogen and oxygen atoms in total. The Morgan fingerprint density at radius 2 is 2.25 bits per heavy atom. The summed E-state index contributed by atoms with van der Waals surface area (Å²) in [6, 6.07) is 5.31. The zero-order valence-corrected chi connectivity index (χ0v) is 12.5. The highest BCUT2D eigenvalue weighted by Crippen LogP contribution is 2.11. The van der Waals surface area contributed by atoms with E-state index in [0.717, 1.165) is 0 Å². The predicted octanol–water partition coefficient (Wildman–Crippen LogP) is 0.732. The molecule has 7 heteroatoms. The molecule has 0 fully saturated rings. The Kier molecular flexibility index (Phi) is 6.89. The molecule has 0 aliphatic heterocycles. The van der Waals surface area contributed by atoms with E-state index >= 15 is 0 Å². The molecule has 0 saturated heterocycles. The van der Waals surface area contributed by atoms with Crippen LogP contribution in [0.1, 0.15) is 12.6 Å². The first-order valence-electron chi connectivity index (χ1n) is 6.24. The SMILES string of the molecule is CCOC(=O)CN(CCOC)c1cccc(C(N)=S)n1. The van der Waals surface area contributed by atoms with Gasteiger partial charge < -0.3 is 20.1 Å². The summed E-state index contributed by atoms with van der Waals surface area (Å²) in [6.07, 6.45) is 0. The highest BCUT2D eigenvalue weighted by Gasteiger charge is 2.14. The van der Waals surface area contributed by atoms with Crippen LogP contribution in [-0.4, -0.2) is 49.4 Å². The lowest BCUT2D eigenvalue weighted by Crippen LogP contribution is -2.34. The Morgan fingerprint density at radius 1 is 1.50 bits per heavy atom. The van der Waals surface area contributed by atoms with Crippen LogP contribution in [-0.2, 0) is 14.3 Å². The maximum absolute atomic E-state index is 11.6. The molecule has 0 atom stereocenters. The second-order valence-corrected chi connectivity index (χ2v) is 4.40. The molecule has 0 spiro atoms. The summed E-state index contributed by atoms with van der Waals surface area (Å²) in [5.41, 5.74) is 6.08. The standard InChI is InChI=1S/C13H19N3O3S/c1-3-19-12(17)9-16(7-8-18-2)11-6-4-5-10(15-11)13(14)20/h4-6H,3,7-9H2,1-2H3,(H2,14,20). The molecule has 110 valence electrons. The second-order valence-electron chi connectivity index (χ2n) is 3.96. The molecule has 1 heterocycles. The number of pyridine rings is 1. The summed E-state index contributed by atoms with van der Waals surface area (Å²) >= 11 is 4.91. The maximum Gasteiger partial charge on any atom is 0.325 e. The molecule has 0 unspecified atom stereocenters. The summed E-state index contributed by atoms with van der Waals surface area (Å²) in [7, 11) is 1.60. The number of esters is 1. The van der Waals surface area contributed by atoms with Crippen LogP contribution < -0.4 is 10.6 Å². The lowest BCUT2D eigenvalue weighted by molar-refractivity contribution is -0.141. The highest BCUT2D eigenvalue weighted by molar-refractivity contribution is 7.80. The van der Waals surface area contributed by atoms with E-state index in [0.29, 0.717) is 31.3 Å². The van der Waals surface area contributed by atoms with Gasteiger partial charge in [0.25, 0.3) is 0 Å². The van der Waals surface area contributed by atoms with E-state index < -0.39 is 0 Å². The average Bonchev–Trinajstić information content (AvgIpc) is 2.43. The van der Waals surface area contributed by atoms with Crippen molar-refractivity contribution >= 4 is 29.0 Å². The van der Waals surface area contributed by atoms with E-state index in [-0.39, 0.29) is 17.5 Å². The number of carbonyl (C=O) groups is 1. The zero-order chi connectivity index (χ0) is 15.0. The summed E-state index contributed by atoms with van der Waals surface area (Å²) < 4.78 is 9.99. The molecule has 0 aromatic carbocycles. The zero-order valence-electron chi connectivity index (χ0n) is 11.7. The topological polar surface area (TPSA) is 77.7 Å². The van der Waals surface area contributed by atoms with E-state index in [1.54, 1.807) is 37.1 Å². The number of nitrogens with two attached hydrogens (primary N) is 1. The minimum Gasteiger partial charge on any atom is -0.465 e. The Balaban J connectivity index is 2.88. The fraction of sp³-hybridized carbons (Fsp3) is 0.462. The van der Waals surface area contributed by atoms with Gasteiger partial charge in [-0.25, -0.2) is 4.98 Å². The molecule has 1 aromatic rings. The molecule has 1 aromatic heterocycles. The molecule has 0 saturated carbocycles. The maximum atomic E-state index is 11.6. The average molecular weight is 297 g/mol. The van der Waals surface area contributed by atoms with Gasteiger partial charge in [0, 0.05) is 13.7 Å². The van der Waals surface area contributed by atoms with E-state index in [4.69, 9.17) is 27.4 Å². The van der Waals surface area contributed by atoms with Crippen molar-refractivity contribution in [1.82, 2.24) is 4.98 Å². The minimum absolute atomic E-state index is 0.102. The third-order valence-electron chi connectivity index (χ3n) is 2.50. The van der Waals surface area contributed by atoms with E-state index in [1.165, 1.54) is 0 Å². The van der Waals surface area contributed by atoms with Crippen molar-refractivity contribution in [3.63, 3.8) is 0 Å². The van der Waals surface area contributed by atoms with Gasteiger partial charge >= 0.3 is 5.97 Å². The van der Waals surface area contributed by atoms with Crippen molar-refractivity contribution in [2.75, 3.05) is 38.3 Å². The Bertz CT molecular complexity index is 468. The van der Waals surface area contributed by atoms with Crippen molar-refractivity contribution in [3.05, 3.63) is 23.9 Å². The van der Waals surface area contributed by atoms with Gasteiger partial charge in [-0.05, 0) is 19.1 Å². The summed E-state index contributed by atoms with van der Waals surface area (Å²) in [6.45, 7) is 3.20. The van der Waals surface area contributed by atoms with Gasteiger partial charge in [0.1, 0.15) is 17.4 Å². The molecule has 0 radical (unpaired) electrons. The molecular formula is C13H19N3O3S. The fourth-order valence-electron chi connectivity index (χ4n) is 1.58. The van der Waals surface area contributed by atoms with Gasteiger partial charge in [0.2, 0.25) is 0 Å². The van der Waals surface area contributed by atoms with Crippen LogP contribution in [0, 0.1) is 0 Å². The predicted molar refractivity (Wildman–Crippen MR) is 80.8 cm³/mol. The van der Waals surface area contributed by atoms with Gasteiger partial charge in [-0.1, -0.05) is 18.3 Å². The molecular weight excluding hydrogens is 278 g/mol. The van der Waals surface area contributed by atoms with E-state index in [2.05, 4.69) is 4.98 Å². The van der Waals surface area contributed by atoms with Gasteiger partial charge in [-0.3, -0.25) is 4.79 Å². The van der Waals surface area contributed by atoms with Crippen LogP contribution in [0.2, 0.25) is 0 Å². The van der Waals surface area contributed by atoms with Gasteiger partial charge in [0.05, 0.1) is 18.9 Å². The molecule has 0 amide bonds. The smallest absolute Gasteiger partial charge is 0.325 e. The van der Waals surface area contributed by atoms with E-state index in [9.17, 15) is 4.79 Å². The first-order chi connectivity index (χ1) is 9.58. The highest BCUT2D eigenvalue weighted by atomic mass is 32.1. The van der Waals surface area contributed by atoms with Gasteiger partial charge in [-0.15, -0.1) is 0 Å². The van der Waals surface area contributed by atoms with Crippen molar-refractivity contribution < 1.29 is 14.3 Å². The van der Waals surface area contributed by atoms with Gasteiger partial charge in [-0.2, -0.15) is 0 Å². The van der Waals surface area contributed by atoms with Crippen molar-refractivity contribution in [2.24, 2.45) is 5.73 Å². The van der Waals surface area contributed by atoms with Crippen molar-refractivity contribution in [3.8, 4) is 0 Å². The number of ether oxygens (including phenoxy) is 2. The molecule has 0 aliphatic carbocycles. The molecule has 0 bridgehead atoms. The third kappa shape index (κ3) is 5.10. The first-order valence-corrected chi connectivity index (χ1v) is 6.65. The first kappa shape index (κ1) is 16.3. The number of anilines is 1. The van der Waals surface area contributed by atoms with Crippen LogP contribution in [0.25, 0.3) is 0 Å². The number of nitrogens with zero attached hydrogens (tertiary/aromatic N) is 2. The Morgan fingerprint density at radius 3 is 2.85 bits per heavy atom. The van der Waals surface area contributed by atoms with Crippen LogP contribution >= 0.6 is 12.2 Å². The van der Waals surface area contributed by atoms with Crippen LogP contribution in [0.4, 0.5) is 5.82 Å². The lowest BCUT2D eigenvalue weighted by Gasteiger charge is -2.22. The number of aromatic nitrogens is 1. The monoisotopic (exact) mass is 297 g/mol. The Labute approximate surface area is 123 Å². The number of rotatable bonds is 8. The van der Waals surface area contributed by atoms with E-state index in [1.807, 2.05) is 0 Å². The summed E-state index contributed by atoms with van der Waals surface area (Å²) in [4.78, 5) is 17.9. The van der Waals surface area contributed by atoms with Crippen LogP contribution in [0.15, 0.2) is 18.2 Å². The quantitative estimate of drug-likeness (QED) is 0.560. The second kappa shape index (κ2) is 8.44. The van der Waals surface area contributed by atoms with Crippen LogP contribution in [0.5, 0.6) is 0 Å². The summed E-state index contributed by atoms with van der Waals surface area (Å²) in [5, 5.41) is 0. The third-order valence-corrected chi connectivity index (χ3v) is 2.71. The normalized spacial score (nSPS) is 10.1. The number of hydrogen-bond donors (Lipinski definition) is 1. The van der Waals surface area contributed by atoms with Gasteiger partial charge in [0.15, 0.2) is 0 Å². The van der Waals surface area contributed by atoms with Crippen molar-refractivity contribution in [1.29, 1.82) is 0 Å².